The number of nitro benzene ring substituents is 1. The summed E-state index contributed by atoms with van der Waals surface area (Å²) in [4.78, 5) is 31.9. The monoisotopic (exact) mass is 266 g/mol. The van der Waals surface area contributed by atoms with Gasteiger partial charge in [0.1, 0.15) is 0 Å². The van der Waals surface area contributed by atoms with Crippen LogP contribution in [0.5, 0.6) is 0 Å². The minimum Gasteiger partial charge on any atom is -0.464 e. The van der Waals surface area contributed by atoms with Gasteiger partial charge in [0.2, 0.25) is 0 Å². The molecule has 1 unspecified atom stereocenters. The van der Waals surface area contributed by atoms with Gasteiger partial charge < -0.3 is 4.74 Å². The SMILES string of the molecule is CCOC(=O)C(CCc1ccc([N+](=O)[O-])cc1)N=O. The zero-order valence-corrected chi connectivity index (χ0v) is 10.4. The summed E-state index contributed by atoms with van der Waals surface area (Å²) in [5.74, 6) is -0.639. The molecule has 7 nitrogen and oxygen atoms in total. The third-order valence-corrected chi connectivity index (χ3v) is 2.54. The van der Waals surface area contributed by atoms with E-state index in [1.165, 1.54) is 12.1 Å². The lowest BCUT2D eigenvalue weighted by Gasteiger charge is -2.07. The minimum atomic E-state index is -1.03. The smallest absolute Gasteiger partial charge is 0.334 e. The molecule has 7 heteroatoms. The van der Waals surface area contributed by atoms with Gasteiger partial charge in [0.05, 0.1) is 11.5 Å². The molecule has 0 saturated carbocycles. The minimum absolute atomic E-state index is 0.000736. The number of carbonyl (C=O) groups is 1. The van der Waals surface area contributed by atoms with Gasteiger partial charge in [-0.1, -0.05) is 17.3 Å². The average molecular weight is 266 g/mol. The van der Waals surface area contributed by atoms with Crippen LogP contribution in [-0.4, -0.2) is 23.5 Å². The highest BCUT2D eigenvalue weighted by Crippen LogP contribution is 2.14. The van der Waals surface area contributed by atoms with Gasteiger partial charge in [0.15, 0.2) is 6.04 Å². The Morgan fingerprint density at radius 1 is 1.42 bits per heavy atom. The molecular weight excluding hydrogens is 252 g/mol. The van der Waals surface area contributed by atoms with E-state index in [1.54, 1.807) is 19.1 Å². The Labute approximate surface area is 109 Å². The summed E-state index contributed by atoms with van der Waals surface area (Å²) in [5, 5.41) is 13.2. The number of nitroso groups, excluding NO2 is 1. The maximum atomic E-state index is 11.3. The largest absolute Gasteiger partial charge is 0.464 e. The predicted molar refractivity (Wildman–Crippen MR) is 67.6 cm³/mol. The van der Waals surface area contributed by atoms with Gasteiger partial charge in [-0.2, -0.15) is 0 Å². The highest BCUT2D eigenvalue weighted by atomic mass is 16.6. The second-order valence-electron chi connectivity index (χ2n) is 3.84. The van der Waals surface area contributed by atoms with Crippen molar-refractivity contribution < 1.29 is 14.5 Å². The van der Waals surface area contributed by atoms with Crippen molar-refractivity contribution in [1.82, 2.24) is 0 Å². The van der Waals surface area contributed by atoms with Gasteiger partial charge in [0.25, 0.3) is 5.69 Å². The summed E-state index contributed by atoms with van der Waals surface area (Å²) >= 11 is 0. The molecule has 0 aliphatic rings. The van der Waals surface area contributed by atoms with Crippen LogP contribution in [0.2, 0.25) is 0 Å². The fraction of sp³-hybridized carbons (Fsp3) is 0.417. The van der Waals surface area contributed by atoms with Crippen LogP contribution in [-0.2, 0) is 16.0 Å². The molecule has 0 spiro atoms. The fourth-order valence-electron chi connectivity index (χ4n) is 1.54. The van der Waals surface area contributed by atoms with Gasteiger partial charge in [-0.05, 0) is 25.3 Å². The van der Waals surface area contributed by atoms with E-state index in [1.807, 2.05) is 0 Å². The van der Waals surface area contributed by atoms with E-state index in [-0.39, 0.29) is 18.7 Å². The Morgan fingerprint density at radius 2 is 2.05 bits per heavy atom. The molecule has 0 aromatic heterocycles. The van der Waals surface area contributed by atoms with Crippen molar-refractivity contribution in [3.63, 3.8) is 0 Å². The van der Waals surface area contributed by atoms with E-state index in [9.17, 15) is 19.8 Å². The van der Waals surface area contributed by atoms with E-state index in [4.69, 9.17) is 4.74 Å². The van der Waals surface area contributed by atoms with Crippen molar-refractivity contribution in [2.45, 2.75) is 25.8 Å². The Balaban J connectivity index is 2.57. The molecule has 0 amide bonds. The lowest BCUT2D eigenvalue weighted by atomic mass is 10.1. The van der Waals surface area contributed by atoms with Crippen molar-refractivity contribution in [1.29, 1.82) is 0 Å². The summed E-state index contributed by atoms with van der Waals surface area (Å²) < 4.78 is 4.71. The first-order valence-electron chi connectivity index (χ1n) is 5.81. The standard InChI is InChI=1S/C12H14N2O5/c1-2-19-12(15)11(13-16)8-5-9-3-6-10(7-4-9)14(17)18/h3-4,6-7,11H,2,5,8H2,1H3. The molecule has 1 aromatic carbocycles. The third kappa shape index (κ3) is 4.46. The lowest BCUT2D eigenvalue weighted by Crippen LogP contribution is -2.21. The maximum Gasteiger partial charge on any atom is 0.334 e. The number of aryl methyl sites for hydroxylation is 1. The Bertz CT molecular complexity index is 458. The van der Waals surface area contributed by atoms with Gasteiger partial charge in [-0.15, -0.1) is 4.91 Å². The topological polar surface area (TPSA) is 98.9 Å². The van der Waals surface area contributed by atoms with Gasteiger partial charge >= 0.3 is 5.97 Å². The molecule has 1 atom stereocenters. The number of nitro groups is 1. The number of non-ortho nitro benzene ring substituents is 1. The highest BCUT2D eigenvalue weighted by molar-refractivity contribution is 5.75. The summed E-state index contributed by atoms with van der Waals surface area (Å²) in [6, 6.07) is 4.90. The van der Waals surface area contributed by atoms with Crippen LogP contribution in [0.25, 0.3) is 0 Å². The van der Waals surface area contributed by atoms with Crippen LogP contribution in [0.1, 0.15) is 18.9 Å². The Hall–Kier alpha value is -2.31. The van der Waals surface area contributed by atoms with Crippen LogP contribution in [0.15, 0.2) is 29.4 Å². The number of ether oxygens (including phenoxy) is 1. The molecule has 0 heterocycles. The normalized spacial score (nSPS) is 11.6. The molecule has 0 radical (unpaired) electrons. The fourth-order valence-corrected chi connectivity index (χ4v) is 1.54. The quantitative estimate of drug-likeness (QED) is 0.326. The molecule has 1 rings (SSSR count). The van der Waals surface area contributed by atoms with Crippen LogP contribution in [0.4, 0.5) is 5.69 Å². The zero-order chi connectivity index (χ0) is 14.3. The molecular formula is C12H14N2O5. The third-order valence-electron chi connectivity index (χ3n) is 2.54. The van der Waals surface area contributed by atoms with Crippen LogP contribution in [0.3, 0.4) is 0 Å². The molecule has 1 aromatic rings. The molecule has 0 bridgehead atoms. The highest BCUT2D eigenvalue weighted by Gasteiger charge is 2.20. The molecule has 19 heavy (non-hydrogen) atoms. The maximum absolute atomic E-state index is 11.3. The van der Waals surface area contributed by atoms with E-state index in [0.717, 1.165) is 5.56 Å². The summed E-state index contributed by atoms with van der Waals surface area (Å²) in [7, 11) is 0. The number of hydrogen-bond donors (Lipinski definition) is 0. The van der Waals surface area contributed by atoms with Gasteiger partial charge in [0, 0.05) is 12.1 Å². The van der Waals surface area contributed by atoms with Crippen molar-refractivity contribution >= 4 is 11.7 Å². The van der Waals surface area contributed by atoms with E-state index in [0.29, 0.717) is 6.42 Å². The number of esters is 1. The first kappa shape index (κ1) is 14.7. The molecule has 0 N–H and O–H groups in total. The first-order chi connectivity index (χ1) is 9.08. The summed E-state index contributed by atoms with van der Waals surface area (Å²) in [5.41, 5.74) is 0.794. The number of carbonyl (C=O) groups excluding carboxylic acids is 1. The molecule has 0 aliphatic heterocycles. The van der Waals surface area contributed by atoms with Crippen molar-refractivity contribution in [2.24, 2.45) is 5.18 Å². The van der Waals surface area contributed by atoms with Crippen molar-refractivity contribution in [2.75, 3.05) is 6.61 Å². The lowest BCUT2D eigenvalue weighted by molar-refractivity contribution is -0.384. The summed E-state index contributed by atoms with van der Waals surface area (Å²) in [6.07, 6.45) is 0.646. The van der Waals surface area contributed by atoms with Gasteiger partial charge in [-0.3, -0.25) is 10.1 Å². The number of rotatable bonds is 7. The Morgan fingerprint density at radius 3 is 2.53 bits per heavy atom. The van der Waals surface area contributed by atoms with Crippen LogP contribution < -0.4 is 0 Å². The molecule has 0 aliphatic carbocycles. The van der Waals surface area contributed by atoms with Crippen LogP contribution in [0, 0.1) is 15.0 Å². The second kappa shape index (κ2) is 7.20. The van der Waals surface area contributed by atoms with E-state index < -0.39 is 16.9 Å². The average Bonchev–Trinajstić information content (AvgIpc) is 2.40. The zero-order valence-electron chi connectivity index (χ0n) is 10.4. The van der Waals surface area contributed by atoms with E-state index in [2.05, 4.69) is 5.18 Å². The molecule has 102 valence electrons. The van der Waals surface area contributed by atoms with Crippen molar-refractivity contribution in [3.8, 4) is 0 Å². The molecule has 0 fully saturated rings. The first-order valence-corrected chi connectivity index (χ1v) is 5.81. The number of benzene rings is 1. The van der Waals surface area contributed by atoms with Crippen molar-refractivity contribution in [3.05, 3.63) is 44.9 Å². The molecule has 0 saturated heterocycles. The van der Waals surface area contributed by atoms with Gasteiger partial charge in [-0.25, -0.2) is 4.79 Å². The summed E-state index contributed by atoms with van der Waals surface area (Å²) in [6.45, 7) is 1.85. The second-order valence-corrected chi connectivity index (χ2v) is 3.84. The predicted octanol–water partition coefficient (Wildman–Crippen LogP) is 2.23. The Kier molecular flexibility index (Phi) is 5.59. The van der Waals surface area contributed by atoms with Crippen LogP contribution >= 0.6 is 0 Å². The van der Waals surface area contributed by atoms with E-state index >= 15 is 0 Å². The number of hydrogen-bond acceptors (Lipinski definition) is 6. The number of nitrogens with zero attached hydrogens (tertiary/aromatic N) is 2.